The van der Waals surface area contributed by atoms with Crippen molar-refractivity contribution in [2.24, 2.45) is 0 Å². The second-order valence-corrected chi connectivity index (χ2v) is 10.9. The number of methoxy groups -OCH3 is 2. The smallest absolute Gasteiger partial charge is 0.264 e. The first kappa shape index (κ1) is 27.0. The van der Waals surface area contributed by atoms with Gasteiger partial charge in [-0.15, -0.1) is 0 Å². The highest BCUT2D eigenvalue weighted by Crippen LogP contribution is 2.34. The summed E-state index contributed by atoms with van der Waals surface area (Å²) in [7, 11) is -1.16. The van der Waals surface area contributed by atoms with Crippen molar-refractivity contribution < 1.29 is 27.5 Å². The van der Waals surface area contributed by atoms with E-state index >= 15 is 0 Å². The van der Waals surface area contributed by atoms with E-state index in [1.165, 1.54) is 32.4 Å². The van der Waals surface area contributed by atoms with Gasteiger partial charge < -0.3 is 19.7 Å². The lowest BCUT2D eigenvalue weighted by atomic mass is 10.1. The van der Waals surface area contributed by atoms with Gasteiger partial charge in [0, 0.05) is 30.4 Å². The molecule has 0 unspecified atom stereocenters. The average molecular weight is 538 g/mol. The lowest BCUT2D eigenvalue weighted by Crippen LogP contribution is -2.38. The number of carbonyl (C=O) groups is 2. The van der Waals surface area contributed by atoms with Crippen LogP contribution in [0.2, 0.25) is 0 Å². The van der Waals surface area contributed by atoms with Crippen LogP contribution in [0.25, 0.3) is 0 Å². The van der Waals surface area contributed by atoms with Crippen molar-refractivity contribution in [1.29, 1.82) is 0 Å². The molecule has 1 saturated heterocycles. The van der Waals surface area contributed by atoms with Gasteiger partial charge in [0.1, 0.15) is 6.54 Å². The Hall–Kier alpha value is -4.05. The molecule has 200 valence electrons. The number of anilines is 3. The first-order valence-corrected chi connectivity index (χ1v) is 13.6. The molecule has 0 aliphatic carbocycles. The molecule has 1 N–H and O–H groups in total. The van der Waals surface area contributed by atoms with Crippen LogP contribution in [0.15, 0.2) is 65.6 Å². The van der Waals surface area contributed by atoms with Crippen molar-refractivity contribution >= 4 is 38.9 Å². The van der Waals surface area contributed by atoms with Crippen LogP contribution in [-0.2, 0) is 19.6 Å². The minimum absolute atomic E-state index is 0.0566. The SMILES string of the molecule is COc1ccc(N(CC(=O)Nc2ccc(N3CCCC3=O)c(C)c2)S(=O)(=O)c2ccc(C)cc2)cc1OC. The highest BCUT2D eigenvalue weighted by Gasteiger charge is 2.28. The van der Waals surface area contributed by atoms with E-state index in [4.69, 9.17) is 9.47 Å². The van der Waals surface area contributed by atoms with E-state index in [-0.39, 0.29) is 16.5 Å². The summed E-state index contributed by atoms with van der Waals surface area (Å²) in [6.07, 6.45) is 1.34. The van der Waals surface area contributed by atoms with Crippen molar-refractivity contribution in [2.45, 2.75) is 31.6 Å². The van der Waals surface area contributed by atoms with E-state index in [1.807, 2.05) is 13.8 Å². The molecular formula is C28H31N3O6S. The first-order valence-electron chi connectivity index (χ1n) is 12.2. The molecule has 1 heterocycles. The normalized spacial score (nSPS) is 13.4. The molecule has 1 fully saturated rings. The van der Waals surface area contributed by atoms with E-state index < -0.39 is 22.5 Å². The van der Waals surface area contributed by atoms with Crippen molar-refractivity contribution in [3.05, 3.63) is 71.8 Å². The number of nitrogens with one attached hydrogen (secondary N) is 1. The summed E-state index contributed by atoms with van der Waals surface area (Å²) in [5, 5.41) is 2.79. The third-order valence-corrected chi connectivity index (χ3v) is 8.18. The van der Waals surface area contributed by atoms with Crippen LogP contribution in [-0.4, -0.2) is 47.5 Å². The number of benzene rings is 3. The molecule has 0 atom stereocenters. The Morgan fingerprint density at radius 1 is 0.974 bits per heavy atom. The Kier molecular flexibility index (Phi) is 7.91. The van der Waals surface area contributed by atoms with E-state index in [0.29, 0.717) is 30.2 Å². The van der Waals surface area contributed by atoms with Gasteiger partial charge in [-0.2, -0.15) is 0 Å². The standard InChI is InChI=1S/C28H31N3O6S/c1-19-7-11-23(12-8-19)38(34,35)31(22-10-14-25(36-3)26(17-22)37-4)18-27(32)29-21-9-13-24(20(2)16-21)30-15-5-6-28(30)33/h7-14,16-17H,5-6,15,18H2,1-4H3,(H,29,32). The summed E-state index contributed by atoms with van der Waals surface area (Å²) in [6.45, 7) is 3.93. The molecular weight excluding hydrogens is 506 g/mol. The maximum absolute atomic E-state index is 13.7. The Morgan fingerprint density at radius 3 is 2.29 bits per heavy atom. The number of nitrogens with zero attached hydrogens (tertiary/aromatic N) is 2. The lowest BCUT2D eigenvalue weighted by Gasteiger charge is -2.25. The molecule has 1 aliphatic heterocycles. The van der Waals surface area contributed by atoms with Crippen LogP contribution in [0.3, 0.4) is 0 Å². The highest BCUT2D eigenvalue weighted by molar-refractivity contribution is 7.92. The molecule has 0 bridgehead atoms. The van der Waals surface area contributed by atoms with Gasteiger partial charge >= 0.3 is 0 Å². The zero-order valence-electron chi connectivity index (χ0n) is 21.9. The Morgan fingerprint density at radius 2 is 1.68 bits per heavy atom. The minimum Gasteiger partial charge on any atom is -0.493 e. The van der Waals surface area contributed by atoms with Gasteiger partial charge in [0.25, 0.3) is 10.0 Å². The van der Waals surface area contributed by atoms with E-state index in [9.17, 15) is 18.0 Å². The van der Waals surface area contributed by atoms with Crippen LogP contribution in [0.4, 0.5) is 17.1 Å². The van der Waals surface area contributed by atoms with Gasteiger partial charge in [0.05, 0.1) is 24.8 Å². The van der Waals surface area contributed by atoms with Gasteiger partial charge in [-0.05, 0) is 68.3 Å². The third kappa shape index (κ3) is 5.60. The molecule has 2 amide bonds. The monoisotopic (exact) mass is 537 g/mol. The second-order valence-electron chi connectivity index (χ2n) is 9.06. The maximum atomic E-state index is 13.7. The van der Waals surface area contributed by atoms with E-state index in [1.54, 1.807) is 47.4 Å². The van der Waals surface area contributed by atoms with Crippen molar-refractivity contribution in [2.75, 3.05) is 41.8 Å². The number of amides is 2. The van der Waals surface area contributed by atoms with Crippen LogP contribution in [0.5, 0.6) is 11.5 Å². The number of rotatable bonds is 9. The molecule has 3 aromatic carbocycles. The van der Waals surface area contributed by atoms with Crippen molar-refractivity contribution in [3.63, 3.8) is 0 Å². The molecule has 4 rings (SSSR count). The third-order valence-electron chi connectivity index (χ3n) is 6.40. The van der Waals surface area contributed by atoms with Crippen LogP contribution in [0.1, 0.15) is 24.0 Å². The summed E-state index contributed by atoms with van der Waals surface area (Å²) in [5.74, 6) is 0.314. The molecule has 0 aromatic heterocycles. The average Bonchev–Trinajstić information content (AvgIpc) is 3.32. The van der Waals surface area contributed by atoms with Gasteiger partial charge in [-0.1, -0.05) is 17.7 Å². The number of hydrogen-bond donors (Lipinski definition) is 1. The molecule has 3 aromatic rings. The molecule has 38 heavy (non-hydrogen) atoms. The largest absolute Gasteiger partial charge is 0.493 e. The Bertz CT molecular complexity index is 1450. The van der Waals surface area contributed by atoms with Crippen LogP contribution >= 0.6 is 0 Å². The van der Waals surface area contributed by atoms with Crippen molar-refractivity contribution in [3.8, 4) is 11.5 Å². The molecule has 0 saturated carbocycles. The second kappa shape index (κ2) is 11.1. The number of ether oxygens (including phenoxy) is 2. The fraction of sp³-hybridized carbons (Fsp3) is 0.286. The molecule has 9 nitrogen and oxygen atoms in total. The minimum atomic E-state index is -4.10. The zero-order chi connectivity index (χ0) is 27.4. The maximum Gasteiger partial charge on any atom is 0.264 e. The van der Waals surface area contributed by atoms with Gasteiger partial charge in [0.2, 0.25) is 11.8 Å². The van der Waals surface area contributed by atoms with Crippen LogP contribution < -0.4 is 24.0 Å². The fourth-order valence-electron chi connectivity index (χ4n) is 4.40. The molecule has 0 radical (unpaired) electrons. The number of sulfonamides is 1. The predicted molar refractivity (Wildman–Crippen MR) is 147 cm³/mol. The van der Waals surface area contributed by atoms with Gasteiger partial charge in [-0.25, -0.2) is 8.42 Å². The van der Waals surface area contributed by atoms with E-state index in [2.05, 4.69) is 5.32 Å². The highest BCUT2D eigenvalue weighted by atomic mass is 32.2. The van der Waals surface area contributed by atoms with E-state index in [0.717, 1.165) is 27.5 Å². The molecule has 10 heteroatoms. The summed E-state index contributed by atoms with van der Waals surface area (Å²) in [5.41, 5.74) is 3.30. The summed E-state index contributed by atoms with van der Waals surface area (Å²) < 4.78 is 39.1. The number of aryl methyl sites for hydroxylation is 2. The first-order chi connectivity index (χ1) is 18.1. The predicted octanol–water partition coefficient (Wildman–Crippen LogP) is 4.28. The summed E-state index contributed by atoms with van der Waals surface area (Å²) in [4.78, 5) is 27.1. The zero-order valence-corrected chi connectivity index (χ0v) is 22.7. The van der Waals surface area contributed by atoms with Crippen molar-refractivity contribution in [1.82, 2.24) is 0 Å². The summed E-state index contributed by atoms with van der Waals surface area (Å²) >= 11 is 0. The number of hydrogen-bond acceptors (Lipinski definition) is 6. The Balaban J connectivity index is 1.63. The fourth-order valence-corrected chi connectivity index (χ4v) is 5.82. The quantitative estimate of drug-likeness (QED) is 0.437. The summed E-state index contributed by atoms with van der Waals surface area (Å²) in [6, 6.07) is 16.4. The van der Waals surface area contributed by atoms with Gasteiger partial charge in [0.15, 0.2) is 11.5 Å². The number of carbonyl (C=O) groups excluding carboxylic acids is 2. The lowest BCUT2D eigenvalue weighted by molar-refractivity contribution is -0.117. The van der Waals surface area contributed by atoms with Gasteiger partial charge in [-0.3, -0.25) is 13.9 Å². The molecule has 0 spiro atoms. The van der Waals surface area contributed by atoms with Crippen LogP contribution in [0, 0.1) is 13.8 Å². The molecule has 1 aliphatic rings. The topological polar surface area (TPSA) is 105 Å². The Labute approximate surface area is 223 Å².